The second kappa shape index (κ2) is 5.26. The van der Waals surface area contributed by atoms with E-state index in [0.717, 1.165) is 4.88 Å². The van der Waals surface area contributed by atoms with Crippen molar-refractivity contribution in [3.8, 4) is 0 Å². The highest BCUT2D eigenvalue weighted by Gasteiger charge is 2.26. The van der Waals surface area contributed by atoms with Crippen LogP contribution in [0.3, 0.4) is 0 Å². The maximum atomic E-state index is 12.2. The van der Waals surface area contributed by atoms with Gasteiger partial charge in [0.25, 0.3) is 10.0 Å². The zero-order chi connectivity index (χ0) is 13.3. The molecule has 0 amide bonds. The second-order valence-corrected chi connectivity index (χ2v) is 8.88. The Labute approximate surface area is 112 Å². The molecule has 1 aromatic heterocycles. The van der Waals surface area contributed by atoms with Crippen LogP contribution in [0.5, 0.6) is 0 Å². The molecule has 0 unspecified atom stereocenters. The number of hydrogen-bond acceptors (Lipinski definition) is 3. The molecular formula is C11H18ClNO2S2. The Hall–Kier alpha value is -0.100. The normalized spacial score (nSPS) is 13.3. The molecule has 17 heavy (non-hydrogen) atoms. The van der Waals surface area contributed by atoms with Crippen molar-refractivity contribution in [3.63, 3.8) is 0 Å². The Morgan fingerprint density at radius 3 is 2.35 bits per heavy atom. The van der Waals surface area contributed by atoms with Gasteiger partial charge in [0.2, 0.25) is 0 Å². The van der Waals surface area contributed by atoms with Crippen molar-refractivity contribution in [1.82, 2.24) is 4.31 Å². The molecule has 0 aliphatic carbocycles. The van der Waals surface area contributed by atoms with Crippen molar-refractivity contribution < 1.29 is 8.42 Å². The van der Waals surface area contributed by atoms with Gasteiger partial charge in [0.05, 0.1) is 5.88 Å². The van der Waals surface area contributed by atoms with Gasteiger partial charge in [-0.1, -0.05) is 20.8 Å². The number of rotatable bonds is 4. The van der Waals surface area contributed by atoms with Gasteiger partial charge in [-0.2, -0.15) is 4.31 Å². The zero-order valence-electron chi connectivity index (χ0n) is 10.5. The van der Waals surface area contributed by atoms with E-state index in [-0.39, 0.29) is 5.41 Å². The monoisotopic (exact) mass is 295 g/mol. The SMILES string of the molecule is CN(CC(C)(C)C)S(=O)(=O)c1ccc(CCl)s1. The molecule has 1 aromatic rings. The summed E-state index contributed by atoms with van der Waals surface area (Å²) in [5, 5.41) is 0. The summed E-state index contributed by atoms with van der Waals surface area (Å²) in [6, 6.07) is 3.38. The third kappa shape index (κ3) is 3.95. The summed E-state index contributed by atoms with van der Waals surface area (Å²) in [5.74, 6) is 0.350. The van der Waals surface area contributed by atoms with Crippen molar-refractivity contribution >= 4 is 33.0 Å². The summed E-state index contributed by atoms with van der Waals surface area (Å²) in [4.78, 5) is 0.870. The van der Waals surface area contributed by atoms with E-state index in [2.05, 4.69) is 0 Å². The lowest BCUT2D eigenvalue weighted by atomic mass is 9.97. The molecule has 0 atom stereocenters. The summed E-state index contributed by atoms with van der Waals surface area (Å²) in [5.41, 5.74) is -0.0611. The first-order valence-corrected chi connectivity index (χ1v) is 8.07. The van der Waals surface area contributed by atoms with Gasteiger partial charge in [-0.3, -0.25) is 0 Å². The summed E-state index contributed by atoms with van der Waals surface area (Å²) in [6.07, 6.45) is 0. The lowest BCUT2D eigenvalue weighted by molar-refractivity contribution is 0.311. The highest BCUT2D eigenvalue weighted by molar-refractivity contribution is 7.91. The van der Waals surface area contributed by atoms with Gasteiger partial charge in [0, 0.05) is 18.5 Å². The van der Waals surface area contributed by atoms with E-state index in [1.54, 1.807) is 19.2 Å². The van der Waals surface area contributed by atoms with Gasteiger partial charge < -0.3 is 0 Å². The van der Waals surface area contributed by atoms with Crippen LogP contribution in [0.2, 0.25) is 0 Å². The highest BCUT2D eigenvalue weighted by atomic mass is 35.5. The minimum Gasteiger partial charge on any atom is -0.206 e. The van der Waals surface area contributed by atoms with Crippen LogP contribution in [0.4, 0.5) is 0 Å². The summed E-state index contributed by atoms with van der Waals surface area (Å²) in [7, 11) is -1.76. The first-order valence-electron chi connectivity index (χ1n) is 5.28. The molecule has 98 valence electrons. The van der Waals surface area contributed by atoms with Gasteiger partial charge in [-0.15, -0.1) is 22.9 Å². The molecule has 0 saturated heterocycles. The average molecular weight is 296 g/mol. The van der Waals surface area contributed by atoms with E-state index in [4.69, 9.17) is 11.6 Å². The lowest BCUT2D eigenvalue weighted by Crippen LogP contribution is -2.34. The molecule has 6 heteroatoms. The molecular weight excluding hydrogens is 278 g/mol. The number of alkyl halides is 1. The summed E-state index contributed by atoms with van der Waals surface area (Å²) in [6.45, 7) is 6.52. The molecule has 1 rings (SSSR count). The Morgan fingerprint density at radius 2 is 1.94 bits per heavy atom. The lowest BCUT2D eigenvalue weighted by Gasteiger charge is -2.25. The highest BCUT2D eigenvalue weighted by Crippen LogP contribution is 2.27. The van der Waals surface area contributed by atoms with Crippen molar-refractivity contribution in [2.24, 2.45) is 5.41 Å². The number of nitrogens with zero attached hydrogens (tertiary/aromatic N) is 1. The van der Waals surface area contributed by atoms with E-state index >= 15 is 0 Å². The number of thiophene rings is 1. The maximum Gasteiger partial charge on any atom is 0.252 e. The molecule has 1 heterocycles. The molecule has 3 nitrogen and oxygen atoms in total. The molecule has 0 spiro atoms. The quantitative estimate of drug-likeness (QED) is 0.800. The summed E-state index contributed by atoms with van der Waals surface area (Å²) < 4.78 is 26.2. The third-order valence-corrected chi connectivity index (χ3v) is 5.93. The Morgan fingerprint density at radius 1 is 1.35 bits per heavy atom. The van der Waals surface area contributed by atoms with E-state index in [1.807, 2.05) is 20.8 Å². The van der Waals surface area contributed by atoms with E-state index < -0.39 is 10.0 Å². The molecule has 0 bridgehead atoms. The van der Waals surface area contributed by atoms with Crippen LogP contribution < -0.4 is 0 Å². The number of halogens is 1. The number of sulfonamides is 1. The van der Waals surface area contributed by atoms with Crippen molar-refractivity contribution in [2.75, 3.05) is 13.6 Å². The van der Waals surface area contributed by atoms with Gasteiger partial charge >= 0.3 is 0 Å². The van der Waals surface area contributed by atoms with Gasteiger partial charge in [0.1, 0.15) is 4.21 Å². The zero-order valence-corrected chi connectivity index (χ0v) is 12.9. The average Bonchev–Trinajstić information content (AvgIpc) is 2.63. The Kier molecular flexibility index (Phi) is 4.63. The fourth-order valence-corrected chi connectivity index (χ4v) is 4.54. The fourth-order valence-electron chi connectivity index (χ4n) is 1.48. The van der Waals surface area contributed by atoms with E-state index in [9.17, 15) is 8.42 Å². The smallest absolute Gasteiger partial charge is 0.206 e. The molecule has 0 aromatic carbocycles. The molecule has 0 aliphatic rings. The predicted octanol–water partition coefficient (Wildman–Crippen LogP) is 3.15. The van der Waals surface area contributed by atoms with Gasteiger partial charge in [-0.25, -0.2) is 8.42 Å². The van der Waals surface area contributed by atoms with Gasteiger partial charge in [0.15, 0.2) is 0 Å². The van der Waals surface area contributed by atoms with Crippen LogP contribution in [0.25, 0.3) is 0 Å². The minimum atomic E-state index is -3.37. The van der Waals surface area contributed by atoms with Crippen LogP contribution in [0, 0.1) is 5.41 Å². The van der Waals surface area contributed by atoms with Crippen molar-refractivity contribution in [1.29, 1.82) is 0 Å². The molecule has 0 fully saturated rings. The van der Waals surface area contributed by atoms with Crippen molar-refractivity contribution in [3.05, 3.63) is 17.0 Å². The topological polar surface area (TPSA) is 37.4 Å². The largest absolute Gasteiger partial charge is 0.252 e. The van der Waals surface area contributed by atoms with Crippen LogP contribution in [-0.2, 0) is 15.9 Å². The molecule has 0 N–H and O–H groups in total. The Bertz CT molecular complexity index is 474. The van der Waals surface area contributed by atoms with Crippen LogP contribution >= 0.6 is 22.9 Å². The van der Waals surface area contributed by atoms with Gasteiger partial charge in [-0.05, 0) is 17.5 Å². The molecule has 0 saturated carbocycles. The standard InChI is InChI=1S/C11H18ClNO2S2/c1-11(2,3)8-13(4)17(14,15)10-6-5-9(7-12)16-10/h5-6H,7-8H2,1-4H3. The Balaban J connectivity index is 2.95. The minimum absolute atomic E-state index is 0.0611. The second-order valence-electron chi connectivity index (χ2n) is 5.18. The first-order chi connectivity index (χ1) is 7.66. The number of hydrogen-bond donors (Lipinski definition) is 0. The van der Waals surface area contributed by atoms with Crippen LogP contribution in [-0.4, -0.2) is 26.3 Å². The third-order valence-electron chi connectivity index (χ3n) is 2.13. The van der Waals surface area contributed by atoms with E-state index in [1.165, 1.54) is 15.6 Å². The maximum absolute atomic E-state index is 12.2. The predicted molar refractivity (Wildman–Crippen MR) is 73.1 cm³/mol. The molecule has 0 aliphatic heterocycles. The molecule has 0 radical (unpaired) electrons. The van der Waals surface area contributed by atoms with Crippen molar-refractivity contribution in [2.45, 2.75) is 30.9 Å². The first kappa shape index (κ1) is 15.0. The fraction of sp³-hybridized carbons (Fsp3) is 0.636. The van der Waals surface area contributed by atoms with Crippen LogP contribution in [0.15, 0.2) is 16.3 Å². The van der Waals surface area contributed by atoms with Crippen LogP contribution in [0.1, 0.15) is 25.6 Å². The van der Waals surface area contributed by atoms with E-state index in [0.29, 0.717) is 16.6 Å². The summed E-state index contributed by atoms with van der Waals surface area (Å²) >= 11 is 6.91.